The zero-order chi connectivity index (χ0) is 14.6. The first-order chi connectivity index (χ1) is 8.81. The first kappa shape index (κ1) is 15.2. The molecule has 0 aliphatic rings. The number of carbonyl (C=O) groups excluding carboxylic acids is 2. The molecule has 102 valence electrons. The minimum atomic E-state index is -0.0349. The molecule has 0 saturated heterocycles. The lowest BCUT2D eigenvalue weighted by Crippen LogP contribution is -2.09. The standard InChI is InChI=1S/C16H21NO2/c1-11-8-15(17(4)5)6-7-16(11)14(9-12(2)18)10-13(3)19/h6-9H,10H2,1-5H3/b14-9-. The van der Waals surface area contributed by atoms with Crippen LogP contribution in [0.5, 0.6) is 0 Å². The molecule has 0 bridgehead atoms. The fourth-order valence-electron chi connectivity index (χ4n) is 2.02. The lowest BCUT2D eigenvalue weighted by Gasteiger charge is -2.16. The van der Waals surface area contributed by atoms with E-state index in [2.05, 4.69) is 6.07 Å². The lowest BCUT2D eigenvalue weighted by molar-refractivity contribution is -0.116. The Morgan fingerprint density at radius 3 is 2.26 bits per heavy atom. The number of allylic oxidation sites excluding steroid dienone is 2. The van der Waals surface area contributed by atoms with E-state index >= 15 is 0 Å². The maximum Gasteiger partial charge on any atom is 0.152 e. The third-order valence-electron chi connectivity index (χ3n) is 2.89. The van der Waals surface area contributed by atoms with Crippen LogP contribution in [0, 0.1) is 6.92 Å². The Balaban J connectivity index is 3.23. The van der Waals surface area contributed by atoms with Gasteiger partial charge in [0.1, 0.15) is 5.78 Å². The number of Topliss-reactive ketones (excluding diaryl/α,β-unsaturated/α-hetero) is 1. The maximum atomic E-state index is 11.3. The molecule has 0 aliphatic heterocycles. The van der Waals surface area contributed by atoms with E-state index in [4.69, 9.17) is 0 Å². The highest BCUT2D eigenvalue weighted by Gasteiger charge is 2.10. The number of ketones is 2. The summed E-state index contributed by atoms with van der Waals surface area (Å²) in [6.07, 6.45) is 1.85. The van der Waals surface area contributed by atoms with E-state index < -0.39 is 0 Å². The Morgan fingerprint density at radius 2 is 1.84 bits per heavy atom. The van der Waals surface area contributed by atoms with Crippen molar-refractivity contribution in [1.82, 2.24) is 0 Å². The van der Waals surface area contributed by atoms with Crippen LogP contribution in [0.2, 0.25) is 0 Å². The van der Waals surface area contributed by atoms with E-state index in [-0.39, 0.29) is 11.6 Å². The molecule has 1 aromatic carbocycles. The van der Waals surface area contributed by atoms with Gasteiger partial charge in [-0.3, -0.25) is 9.59 Å². The van der Waals surface area contributed by atoms with E-state index in [1.54, 1.807) is 6.08 Å². The molecule has 0 spiro atoms. The van der Waals surface area contributed by atoms with Crippen molar-refractivity contribution in [2.45, 2.75) is 27.2 Å². The van der Waals surface area contributed by atoms with E-state index in [0.717, 1.165) is 22.4 Å². The molecule has 0 N–H and O–H groups in total. The molecule has 0 aromatic heterocycles. The van der Waals surface area contributed by atoms with Crippen LogP contribution < -0.4 is 4.90 Å². The summed E-state index contributed by atoms with van der Waals surface area (Å²) in [7, 11) is 3.96. The highest BCUT2D eigenvalue weighted by Crippen LogP contribution is 2.26. The van der Waals surface area contributed by atoms with Gasteiger partial charge in [0.15, 0.2) is 5.78 Å². The van der Waals surface area contributed by atoms with Crippen molar-refractivity contribution in [2.75, 3.05) is 19.0 Å². The summed E-state index contributed by atoms with van der Waals surface area (Å²) < 4.78 is 0. The lowest BCUT2D eigenvalue weighted by atomic mass is 9.95. The molecular formula is C16H21NO2. The molecular weight excluding hydrogens is 238 g/mol. The zero-order valence-corrected chi connectivity index (χ0v) is 12.3. The summed E-state index contributed by atoms with van der Waals surface area (Å²) in [5.74, 6) is 0.0240. The van der Waals surface area contributed by atoms with Crippen LogP contribution in [-0.2, 0) is 9.59 Å². The molecule has 0 saturated carbocycles. The Labute approximate surface area is 114 Å². The SMILES string of the molecule is CC(=O)/C=C(/CC(C)=O)c1ccc(N(C)C)cc1C. The van der Waals surface area contributed by atoms with Crippen LogP contribution in [0.15, 0.2) is 24.3 Å². The Bertz CT molecular complexity index is 528. The number of nitrogens with zero attached hydrogens (tertiary/aromatic N) is 1. The highest BCUT2D eigenvalue weighted by atomic mass is 16.1. The summed E-state index contributed by atoms with van der Waals surface area (Å²) in [5.41, 5.74) is 3.94. The molecule has 0 aliphatic carbocycles. The van der Waals surface area contributed by atoms with Gasteiger partial charge < -0.3 is 4.90 Å². The topological polar surface area (TPSA) is 37.4 Å². The van der Waals surface area contributed by atoms with Gasteiger partial charge in [-0.2, -0.15) is 0 Å². The van der Waals surface area contributed by atoms with Crippen LogP contribution in [0.25, 0.3) is 5.57 Å². The zero-order valence-electron chi connectivity index (χ0n) is 12.3. The molecule has 0 fully saturated rings. The van der Waals surface area contributed by atoms with Gasteiger partial charge in [0.2, 0.25) is 0 Å². The number of anilines is 1. The Hall–Kier alpha value is -1.90. The van der Waals surface area contributed by atoms with Gasteiger partial charge in [0.05, 0.1) is 0 Å². The Kier molecular flexibility index (Phi) is 5.04. The van der Waals surface area contributed by atoms with Crippen molar-refractivity contribution in [2.24, 2.45) is 0 Å². The van der Waals surface area contributed by atoms with Gasteiger partial charge in [0.25, 0.3) is 0 Å². The largest absolute Gasteiger partial charge is 0.378 e. The second-order valence-corrected chi connectivity index (χ2v) is 5.05. The van der Waals surface area contributed by atoms with Gasteiger partial charge in [0, 0.05) is 26.2 Å². The molecule has 0 unspecified atom stereocenters. The van der Waals surface area contributed by atoms with Crippen LogP contribution >= 0.6 is 0 Å². The third-order valence-corrected chi connectivity index (χ3v) is 2.89. The van der Waals surface area contributed by atoms with Crippen LogP contribution in [0.4, 0.5) is 5.69 Å². The average molecular weight is 259 g/mol. The van der Waals surface area contributed by atoms with Crippen molar-refractivity contribution >= 4 is 22.8 Å². The quantitative estimate of drug-likeness (QED) is 0.763. The summed E-state index contributed by atoms with van der Waals surface area (Å²) in [4.78, 5) is 24.7. The summed E-state index contributed by atoms with van der Waals surface area (Å²) in [6.45, 7) is 5.04. The minimum absolute atomic E-state index is 0.0349. The molecule has 1 aromatic rings. The molecule has 0 amide bonds. The molecule has 3 heteroatoms. The fraction of sp³-hybridized carbons (Fsp3) is 0.375. The second-order valence-electron chi connectivity index (χ2n) is 5.05. The van der Waals surface area contributed by atoms with Gasteiger partial charge in [-0.05, 0) is 55.7 Å². The number of rotatable bonds is 5. The molecule has 3 nitrogen and oxygen atoms in total. The first-order valence-corrected chi connectivity index (χ1v) is 6.30. The van der Waals surface area contributed by atoms with Gasteiger partial charge in [-0.15, -0.1) is 0 Å². The van der Waals surface area contributed by atoms with Crippen molar-refractivity contribution in [1.29, 1.82) is 0 Å². The van der Waals surface area contributed by atoms with Gasteiger partial charge in [-0.1, -0.05) is 6.07 Å². The molecule has 0 atom stereocenters. The predicted molar refractivity (Wildman–Crippen MR) is 79.5 cm³/mol. The fourth-order valence-corrected chi connectivity index (χ4v) is 2.02. The third kappa shape index (κ3) is 4.36. The van der Waals surface area contributed by atoms with Crippen LogP contribution in [-0.4, -0.2) is 25.7 Å². The van der Waals surface area contributed by atoms with Gasteiger partial charge >= 0.3 is 0 Å². The number of carbonyl (C=O) groups is 2. The normalized spacial score (nSPS) is 11.3. The highest BCUT2D eigenvalue weighted by molar-refractivity contribution is 6.00. The van der Waals surface area contributed by atoms with Crippen molar-refractivity contribution in [3.8, 4) is 0 Å². The van der Waals surface area contributed by atoms with Crippen LogP contribution in [0.3, 0.4) is 0 Å². The number of hydrogen-bond donors (Lipinski definition) is 0. The van der Waals surface area contributed by atoms with E-state index in [9.17, 15) is 9.59 Å². The van der Waals surface area contributed by atoms with E-state index in [0.29, 0.717) is 6.42 Å². The number of hydrogen-bond acceptors (Lipinski definition) is 3. The van der Waals surface area contributed by atoms with E-state index in [1.165, 1.54) is 13.8 Å². The number of benzene rings is 1. The van der Waals surface area contributed by atoms with Crippen molar-refractivity contribution < 1.29 is 9.59 Å². The molecule has 19 heavy (non-hydrogen) atoms. The second kappa shape index (κ2) is 6.32. The molecule has 1 rings (SSSR count). The van der Waals surface area contributed by atoms with Crippen molar-refractivity contribution in [3.63, 3.8) is 0 Å². The van der Waals surface area contributed by atoms with Crippen molar-refractivity contribution in [3.05, 3.63) is 35.4 Å². The summed E-state index contributed by atoms with van der Waals surface area (Å²) in [6, 6.07) is 6.03. The van der Waals surface area contributed by atoms with Gasteiger partial charge in [-0.25, -0.2) is 0 Å². The summed E-state index contributed by atoms with van der Waals surface area (Å²) >= 11 is 0. The smallest absolute Gasteiger partial charge is 0.152 e. The molecule has 0 heterocycles. The average Bonchev–Trinajstić information content (AvgIpc) is 2.26. The monoisotopic (exact) mass is 259 g/mol. The summed E-state index contributed by atoms with van der Waals surface area (Å²) in [5, 5.41) is 0. The maximum absolute atomic E-state index is 11.3. The minimum Gasteiger partial charge on any atom is -0.378 e. The van der Waals surface area contributed by atoms with Crippen LogP contribution in [0.1, 0.15) is 31.4 Å². The number of aryl methyl sites for hydroxylation is 1. The predicted octanol–water partition coefficient (Wildman–Crippen LogP) is 3.01. The van der Waals surface area contributed by atoms with E-state index in [1.807, 2.05) is 38.1 Å². The first-order valence-electron chi connectivity index (χ1n) is 6.30. The molecule has 0 radical (unpaired) electrons. The Morgan fingerprint density at radius 1 is 1.21 bits per heavy atom.